The molecular weight excluding hydrogens is 416 g/mol. The first-order valence-corrected chi connectivity index (χ1v) is 12.9. The monoisotopic (exact) mass is 442 g/mol. The van der Waals surface area contributed by atoms with Crippen molar-refractivity contribution in [2.75, 3.05) is 16.4 Å². The summed E-state index contributed by atoms with van der Waals surface area (Å²) in [7, 11) is -3.07. The molecule has 30 heavy (non-hydrogen) atoms. The van der Waals surface area contributed by atoms with Crippen LogP contribution in [0.5, 0.6) is 0 Å². The van der Waals surface area contributed by atoms with E-state index in [0.29, 0.717) is 23.9 Å². The van der Waals surface area contributed by atoms with E-state index in [1.165, 1.54) is 17.3 Å². The van der Waals surface area contributed by atoms with Crippen molar-refractivity contribution in [3.63, 3.8) is 0 Å². The highest BCUT2D eigenvalue weighted by Gasteiger charge is 2.49. The lowest BCUT2D eigenvalue weighted by Crippen LogP contribution is -2.37. The number of aliphatic imine (C=N–C) groups is 1. The van der Waals surface area contributed by atoms with Crippen LogP contribution >= 0.6 is 11.8 Å². The first-order valence-electron chi connectivity index (χ1n) is 10.2. The number of amides is 1. The van der Waals surface area contributed by atoms with Crippen LogP contribution in [0.2, 0.25) is 0 Å². The van der Waals surface area contributed by atoms with E-state index >= 15 is 0 Å². The summed E-state index contributed by atoms with van der Waals surface area (Å²) in [5.41, 5.74) is 3.22. The zero-order valence-electron chi connectivity index (χ0n) is 17.2. The minimum Gasteiger partial charge on any atom is -0.316 e. The minimum absolute atomic E-state index is 0.0829. The molecule has 4 rings (SSSR count). The van der Waals surface area contributed by atoms with Crippen molar-refractivity contribution in [1.29, 1.82) is 0 Å². The number of sulfone groups is 1. The predicted octanol–water partition coefficient (Wildman–Crippen LogP) is 4.04. The molecule has 0 N–H and O–H groups in total. The molecule has 2 unspecified atom stereocenters. The Morgan fingerprint density at radius 1 is 1.10 bits per heavy atom. The fourth-order valence-electron chi connectivity index (χ4n) is 3.94. The maximum absolute atomic E-state index is 12.6. The number of benzene rings is 2. The molecule has 0 spiro atoms. The van der Waals surface area contributed by atoms with Gasteiger partial charge in [-0.15, -0.1) is 0 Å². The third kappa shape index (κ3) is 4.62. The van der Waals surface area contributed by atoms with Crippen molar-refractivity contribution in [1.82, 2.24) is 0 Å². The smallest absolute Gasteiger partial charge is 0.248 e. The van der Waals surface area contributed by atoms with Gasteiger partial charge in [0, 0.05) is 17.4 Å². The van der Waals surface area contributed by atoms with Gasteiger partial charge in [-0.25, -0.2) is 8.42 Å². The molecule has 7 heteroatoms. The highest BCUT2D eigenvalue weighted by atomic mass is 32.2. The molecule has 0 bridgehead atoms. The summed E-state index contributed by atoms with van der Waals surface area (Å²) in [5, 5.41) is 0.538. The number of hydrogen-bond donors (Lipinski definition) is 0. The first-order chi connectivity index (χ1) is 14.3. The lowest BCUT2D eigenvalue weighted by molar-refractivity contribution is -0.117. The lowest BCUT2D eigenvalue weighted by atomic mass is 10.0. The Morgan fingerprint density at radius 3 is 2.47 bits per heavy atom. The summed E-state index contributed by atoms with van der Waals surface area (Å²) in [6, 6.07) is 17.9. The van der Waals surface area contributed by atoms with E-state index < -0.39 is 9.84 Å². The topological polar surface area (TPSA) is 66.8 Å². The zero-order chi connectivity index (χ0) is 21.3. The fraction of sp³-hybridized carbons (Fsp3) is 0.391. The normalized spacial score (nSPS) is 23.8. The maximum Gasteiger partial charge on any atom is 0.248 e. The van der Waals surface area contributed by atoms with Gasteiger partial charge in [0.05, 0.1) is 17.5 Å². The number of amidine groups is 1. The van der Waals surface area contributed by atoms with Crippen LogP contribution in [-0.2, 0) is 21.1 Å². The molecule has 2 heterocycles. The quantitative estimate of drug-likeness (QED) is 0.699. The van der Waals surface area contributed by atoms with Crippen molar-refractivity contribution in [2.24, 2.45) is 4.99 Å². The van der Waals surface area contributed by atoms with Gasteiger partial charge >= 0.3 is 0 Å². The minimum atomic E-state index is -3.07. The molecule has 5 nitrogen and oxygen atoms in total. The molecule has 0 saturated carbocycles. The summed E-state index contributed by atoms with van der Waals surface area (Å²) in [6.07, 6.45) is 0.979. The molecule has 2 aliphatic rings. The number of anilines is 1. The molecule has 0 aliphatic carbocycles. The molecule has 2 fully saturated rings. The highest BCUT2D eigenvalue weighted by Crippen LogP contribution is 2.41. The molecular formula is C23H26N2O3S2. The van der Waals surface area contributed by atoms with Gasteiger partial charge < -0.3 is 4.90 Å². The van der Waals surface area contributed by atoms with Gasteiger partial charge in [0.25, 0.3) is 0 Å². The number of carbonyl (C=O) groups is 1. The summed E-state index contributed by atoms with van der Waals surface area (Å²) in [5.74, 6) is 0.487. The number of carbonyl (C=O) groups excluding carboxylic acids is 1. The fourth-order valence-corrected chi connectivity index (χ4v) is 7.88. The van der Waals surface area contributed by atoms with E-state index in [1.807, 2.05) is 47.4 Å². The lowest BCUT2D eigenvalue weighted by Gasteiger charge is -2.25. The molecule has 2 aliphatic heterocycles. The second kappa shape index (κ2) is 8.55. The number of thioether (sulfide) groups is 1. The largest absolute Gasteiger partial charge is 0.316 e. The summed E-state index contributed by atoms with van der Waals surface area (Å²) in [4.78, 5) is 19.0. The van der Waals surface area contributed by atoms with Crippen LogP contribution in [0.4, 0.5) is 5.69 Å². The highest BCUT2D eigenvalue weighted by molar-refractivity contribution is 8.16. The van der Waals surface area contributed by atoms with Crippen molar-refractivity contribution < 1.29 is 13.2 Å². The number of hydrogen-bond acceptors (Lipinski definition) is 4. The van der Waals surface area contributed by atoms with Gasteiger partial charge in [-0.05, 0) is 35.6 Å². The van der Waals surface area contributed by atoms with E-state index in [1.54, 1.807) is 0 Å². The molecule has 0 radical (unpaired) electrons. The standard InChI is InChI=1S/C23H26N2O3S2/c1-16(2)18-9-11-19(12-10-18)25-20-14-30(27,28)15-21(20)29-23(25)24-22(26)13-8-17-6-4-3-5-7-17/h3-7,9-12,16,20-21H,8,13-15H2,1-2H3. The maximum atomic E-state index is 12.6. The van der Waals surface area contributed by atoms with Crippen LogP contribution in [0.3, 0.4) is 0 Å². The summed E-state index contributed by atoms with van der Waals surface area (Å²) < 4.78 is 24.4. The molecule has 2 atom stereocenters. The Labute approximate surface area is 182 Å². The van der Waals surface area contributed by atoms with E-state index in [4.69, 9.17) is 0 Å². The molecule has 2 saturated heterocycles. The van der Waals surface area contributed by atoms with Crippen molar-refractivity contribution in [3.8, 4) is 0 Å². The average molecular weight is 443 g/mol. The Morgan fingerprint density at radius 2 is 1.80 bits per heavy atom. The van der Waals surface area contributed by atoms with Crippen LogP contribution in [0.1, 0.15) is 37.3 Å². The number of aryl methyl sites for hydroxylation is 1. The van der Waals surface area contributed by atoms with Crippen LogP contribution in [0, 0.1) is 0 Å². The summed E-state index contributed by atoms with van der Waals surface area (Å²) in [6.45, 7) is 4.27. The predicted molar refractivity (Wildman–Crippen MR) is 124 cm³/mol. The van der Waals surface area contributed by atoms with Crippen LogP contribution < -0.4 is 4.90 Å². The van der Waals surface area contributed by atoms with Gasteiger partial charge in [-0.2, -0.15) is 4.99 Å². The SMILES string of the molecule is CC(C)c1ccc(N2C(=NC(=O)CCc3ccccc3)SC3CS(=O)(=O)CC32)cc1. The Bertz CT molecular complexity index is 1050. The third-order valence-corrected chi connectivity index (χ3v) is 8.80. The average Bonchev–Trinajstić information content (AvgIpc) is 3.18. The van der Waals surface area contributed by atoms with Crippen molar-refractivity contribution in [2.45, 2.75) is 43.9 Å². The number of fused-ring (bicyclic) bond motifs is 1. The molecule has 2 aromatic carbocycles. The van der Waals surface area contributed by atoms with E-state index in [2.05, 4.69) is 31.0 Å². The van der Waals surface area contributed by atoms with Gasteiger partial charge in [-0.3, -0.25) is 4.79 Å². The van der Waals surface area contributed by atoms with Crippen molar-refractivity contribution in [3.05, 3.63) is 65.7 Å². The van der Waals surface area contributed by atoms with Gasteiger partial charge in [0.1, 0.15) is 0 Å². The van der Waals surface area contributed by atoms with Gasteiger partial charge in [-0.1, -0.05) is 68.1 Å². The first kappa shape index (κ1) is 21.1. The van der Waals surface area contributed by atoms with E-state index in [-0.39, 0.29) is 28.7 Å². The van der Waals surface area contributed by atoms with Crippen LogP contribution in [0.15, 0.2) is 59.6 Å². The van der Waals surface area contributed by atoms with Crippen LogP contribution in [0.25, 0.3) is 0 Å². The third-order valence-electron chi connectivity index (χ3n) is 5.60. The Kier molecular flexibility index (Phi) is 6.02. The van der Waals surface area contributed by atoms with E-state index in [0.717, 1.165) is 11.3 Å². The molecule has 2 aromatic rings. The second-order valence-corrected chi connectivity index (χ2v) is 11.6. The molecule has 0 aromatic heterocycles. The van der Waals surface area contributed by atoms with Crippen molar-refractivity contribution >= 4 is 38.4 Å². The van der Waals surface area contributed by atoms with Crippen LogP contribution in [-0.4, -0.2) is 42.3 Å². The Balaban J connectivity index is 1.57. The molecule has 1 amide bonds. The zero-order valence-corrected chi connectivity index (χ0v) is 18.8. The second-order valence-electron chi connectivity index (χ2n) is 8.19. The van der Waals surface area contributed by atoms with E-state index in [9.17, 15) is 13.2 Å². The number of rotatable bonds is 5. The van der Waals surface area contributed by atoms with Gasteiger partial charge in [0.15, 0.2) is 15.0 Å². The Hall–Kier alpha value is -2.12. The molecule has 158 valence electrons. The van der Waals surface area contributed by atoms with Gasteiger partial charge in [0.2, 0.25) is 5.91 Å². The summed E-state index contributed by atoms with van der Waals surface area (Å²) >= 11 is 1.42. The number of nitrogens with zero attached hydrogens (tertiary/aromatic N) is 2.